The number of benzene rings is 1. The number of carbonyl (C=O) groups is 1. The van der Waals surface area contributed by atoms with Crippen molar-refractivity contribution in [2.24, 2.45) is 0 Å². The highest BCUT2D eigenvalue weighted by Crippen LogP contribution is 2.29. The van der Waals surface area contributed by atoms with Gasteiger partial charge in [-0.1, -0.05) is 6.92 Å². The average molecular weight is 320 g/mol. The van der Waals surface area contributed by atoms with E-state index in [1.165, 1.54) is 18.2 Å². The summed E-state index contributed by atoms with van der Waals surface area (Å²) < 4.78 is 28.5. The van der Waals surface area contributed by atoms with Crippen molar-refractivity contribution in [3.8, 4) is 5.75 Å². The summed E-state index contributed by atoms with van der Waals surface area (Å²) in [4.78, 5) is 11.6. The molecule has 112 valence electrons. The molecule has 1 rings (SSSR count). The summed E-state index contributed by atoms with van der Waals surface area (Å²) in [6.07, 6.45) is 0.591. The molecule has 0 fully saturated rings. The number of hydrogen-bond donors (Lipinski definition) is 1. The van der Waals surface area contributed by atoms with Crippen LogP contribution in [0.25, 0.3) is 0 Å². The lowest BCUT2D eigenvalue weighted by Crippen LogP contribution is -2.24. The standard InChI is InChI=1S/C13H18ClNO4S/c1-4-7-15-13(16)10-5-6-11(19-9(2)3)12(8-10)20(14,17)18/h5-6,8-9H,4,7H2,1-3H3,(H,15,16). The molecule has 0 atom stereocenters. The fraction of sp³-hybridized carbons (Fsp3) is 0.462. The van der Waals surface area contributed by atoms with Crippen molar-refractivity contribution in [3.63, 3.8) is 0 Å². The molecule has 1 aromatic rings. The van der Waals surface area contributed by atoms with Gasteiger partial charge in [0, 0.05) is 22.8 Å². The Morgan fingerprint density at radius 2 is 2.05 bits per heavy atom. The molecule has 20 heavy (non-hydrogen) atoms. The first-order valence-corrected chi connectivity index (χ1v) is 8.60. The summed E-state index contributed by atoms with van der Waals surface area (Å²) in [5.41, 5.74) is 0.230. The summed E-state index contributed by atoms with van der Waals surface area (Å²) in [6.45, 7) is 5.99. The van der Waals surface area contributed by atoms with E-state index in [1.54, 1.807) is 13.8 Å². The largest absolute Gasteiger partial charge is 0.490 e. The smallest absolute Gasteiger partial charge is 0.265 e. The van der Waals surface area contributed by atoms with E-state index in [0.717, 1.165) is 6.42 Å². The summed E-state index contributed by atoms with van der Waals surface area (Å²) in [5, 5.41) is 2.67. The number of hydrogen-bond acceptors (Lipinski definition) is 4. The van der Waals surface area contributed by atoms with Crippen molar-refractivity contribution < 1.29 is 17.9 Å². The molecule has 5 nitrogen and oxygen atoms in total. The van der Waals surface area contributed by atoms with Gasteiger partial charge in [0.2, 0.25) is 0 Å². The van der Waals surface area contributed by atoms with Crippen LogP contribution in [0, 0.1) is 0 Å². The number of halogens is 1. The van der Waals surface area contributed by atoms with Gasteiger partial charge in [0.25, 0.3) is 15.0 Å². The number of rotatable bonds is 6. The molecule has 0 unspecified atom stereocenters. The molecule has 0 radical (unpaired) electrons. The third-order valence-corrected chi connectivity index (χ3v) is 3.71. The average Bonchev–Trinajstić information content (AvgIpc) is 2.34. The highest BCUT2D eigenvalue weighted by molar-refractivity contribution is 8.13. The van der Waals surface area contributed by atoms with Crippen molar-refractivity contribution in [3.05, 3.63) is 23.8 Å². The van der Waals surface area contributed by atoms with Gasteiger partial charge in [0.1, 0.15) is 10.6 Å². The Balaban J connectivity index is 3.18. The molecule has 1 aromatic carbocycles. The van der Waals surface area contributed by atoms with Crippen LogP contribution in [0.1, 0.15) is 37.6 Å². The summed E-state index contributed by atoms with van der Waals surface area (Å²) in [7, 11) is 1.40. The molecule has 0 aliphatic carbocycles. The Hall–Kier alpha value is -1.27. The van der Waals surface area contributed by atoms with Gasteiger partial charge in [-0.2, -0.15) is 0 Å². The Morgan fingerprint density at radius 1 is 1.40 bits per heavy atom. The molecular weight excluding hydrogens is 302 g/mol. The molecule has 7 heteroatoms. The predicted octanol–water partition coefficient (Wildman–Crippen LogP) is 2.54. The zero-order valence-electron chi connectivity index (χ0n) is 11.6. The Labute approximate surface area is 123 Å². The highest BCUT2D eigenvalue weighted by Gasteiger charge is 2.20. The molecule has 1 N–H and O–H groups in total. The molecule has 0 aromatic heterocycles. The summed E-state index contributed by atoms with van der Waals surface area (Å²) in [6, 6.07) is 4.18. The fourth-order valence-electron chi connectivity index (χ4n) is 1.53. The second-order valence-electron chi connectivity index (χ2n) is 4.52. The van der Waals surface area contributed by atoms with E-state index in [4.69, 9.17) is 15.4 Å². The number of ether oxygens (including phenoxy) is 1. The third kappa shape index (κ3) is 4.68. The monoisotopic (exact) mass is 319 g/mol. The van der Waals surface area contributed by atoms with Gasteiger partial charge >= 0.3 is 0 Å². The van der Waals surface area contributed by atoms with Crippen molar-refractivity contribution in [1.29, 1.82) is 0 Å². The van der Waals surface area contributed by atoms with Crippen LogP contribution in [0.4, 0.5) is 0 Å². The SMILES string of the molecule is CCCNC(=O)c1ccc(OC(C)C)c(S(=O)(=O)Cl)c1. The van der Waals surface area contributed by atoms with Crippen LogP contribution in [0.2, 0.25) is 0 Å². The zero-order valence-corrected chi connectivity index (χ0v) is 13.2. The second kappa shape index (κ2) is 6.95. The van der Waals surface area contributed by atoms with Gasteiger partial charge in [-0.25, -0.2) is 8.42 Å². The van der Waals surface area contributed by atoms with Crippen LogP contribution in [-0.4, -0.2) is 27.0 Å². The normalized spacial score (nSPS) is 11.4. The Morgan fingerprint density at radius 3 is 2.55 bits per heavy atom. The molecule has 0 aliphatic rings. The first kappa shape index (κ1) is 16.8. The maximum atomic E-state index is 11.8. The van der Waals surface area contributed by atoms with Crippen molar-refractivity contribution >= 4 is 25.6 Å². The molecule has 0 spiro atoms. The van der Waals surface area contributed by atoms with Gasteiger partial charge < -0.3 is 10.1 Å². The van der Waals surface area contributed by atoms with Crippen molar-refractivity contribution in [2.45, 2.75) is 38.2 Å². The molecule has 0 saturated carbocycles. The van der Waals surface area contributed by atoms with Gasteiger partial charge in [0.05, 0.1) is 6.10 Å². The van der Waals surface area contributed by atoms with E-state index in [2.05, 4.69) is 5.32 Å². The maximum absolute atomic E-state index is 11.8. The van der Waals surface area contributed by atoms with Crippen LogP contribution in [0.3, 0.4) is 0 Å². The van der Waals surface area contributed by atoms with Crippen molar-refractivity contribution in [2.75, 3.05) is 6.54 Å². The fourth-order valence-corrected chi connectivity index (χ4v) is 2.52. The quantitative estimate of drug-likeness (QED) is 0.818. The Bertz CT molecular complexity index is 584. The van der Waals surface area contributed by atoms with Crippen LogP contribution in [-0.2, 0) is 9.05 Å². The minimum absolute atomic E-state index is 0.141. The molecule has 0 heterocycles. The lowest BCUT2D eigenvalue weighted by molar-refractivity contribution is 0.0953. The predicted molar refractivity (Wildman–Crippen MR) is 77.9 cm³/mol. The van der Waals surface area contributed by atoms with Crippen LogP contribution >= 0.6 is 10.7 Å². The Kier molecular flexibility index (Phi) is 5.83. The highest BCUT2D eigenvalue weighted by atomic mass is 35.7. The third-order valence-electron chi connectivity index (χ3n) is 2.37. The summed E-state index contributed by atoms with van der Waals surface area (Å²) >= 11 is 0. The number of amides is 1. The molecule has 0 aliphatic heterocycles. The van der Waals surface area contributed by atoms with Crippen LogP contribution < -0.4 is 10.1 Å². The van der Waals surface area contributed by atoms with Gasteiger partial charge in [-0.05, 0) is 38.5 Å². The van der Waals surface area contributed by atoms with E-state index >= 15 is 0 Å². The topological polar surface area (TPSA) is 72.5 Å². The van der Waals surface area contributed by atoms with Gasteiger partial charge in [-0.3, -0.25) is 4.79 Å². The second-order valence-corrected chi connectivity index (χ2v) is 7.06. The van der Waals surface area contributed by atoms with Crippen molar-refractivity contribution in [1.82, 2.24) is 5.32 Å². The van der Waals surface area contributed by atoms with Gasteiger partial charge in [-0.15, -0.1) is 0 Å². The first-order chi connectivity index (χ1) is 9.25. The molecule has 0 bridgehead atoms. The van der Waals surface area contributed by atoms with E-state index in [9.17, 15) is 13.2 Å². The zero-order chi connectivity index (χ0) is 15.3. The van der Waals surface area contributed by atoms with E-state index in [1.807, 2.05) is 6.92 Å². The lowest BCUT2D eigenvalue weighted by Gasteiger charge is -2.13. The van der Waals surface area contributed by atoms with Crippen LogP contribution in [0.5, 0.6) is 5.75 Å². The lowest BCUT2D eigenvalue weighted by atomic mass is 10.2. The number of carbonyl (C=O) groups excluding carboxylic acids is 1. The van der Waals surface area contributed by atoms with E-state index in [0.29, 0.717) is 6.54 Å². The molecular formula is C13H18ClNO4S. The minimum atomic E-state index is -3.99. The maximum Gasteiger partial charge on any atom is 0.265 e. The summed E-state index contributed by atoms with van der Waals surface area (Å²) in [5.74, 6) is -0.202. The van der Waals surface area contributed by atoms with Gasteiger partial charge in [0.15, 0.2) is 0 Å². The minimum Gasteiger partial charge on any atom is -0.490 e. The molecule has 1 amide bonds. The first-order valence-electron chi connectivity index (χ1n) is 6.29. The van der Waals surface area contributed by atoms with Crippen LogP contribution in [0.15, 0.2) is 23.1 Å². The van der Waals surface area contributed by atoms with E-state index in [-0.39, 0.29) is 28.2 Å². The molecule has 0 saturated heterocycles. The van der Waals surface area contributed by atoms with E-state index < -0.39 is 9.05 Å². The number of nitrogens with one attached hydrogen (secondary N) is 1.